The molecule has 2 aromatic carbocycles. The Labute approximate surface area is 267 Å². The first-order valence-electron chi connectivity index (χ1n) is 15.4. The second kappa shape index (κ2) is 17.4. The number of carboxylic acids is 1. The number of hydrogen-bond acceptors (Lipinski definition) is 4. The molecule has 9 heteroatoms. The van der Waals surface area contributed by atoms with Gasteiger partial charge in [-0.1, -0.05) is 94.1 Å². The topological polar surface area (TPSA) is 99.1 Å². The van der Waals surface area contributed by atoms with Crippen LogP contribution in [0.15, 0.2) is 47.5 Å². The Balaban J connectivity index is 0.000000561. The maximum absolute atomic E-state index is 14.1. The molecule has 2 amide bonds. The van der Waals surface area contributed by atoms with Crippen molar-refractivity contribution in [2.24, 2.45) is 16.8 Å². The summed E-state index contributed by atoms with van der Waals surface area (Å²) in [5, 5.41) is 11.2. The number of aliphatic imine (C=N–C) groups is 1. The number of nitrogens with zero attached hydrogens (tertiary/aromatic N) is 2. The van der Waals surface area contributed by atoms with Gasteiger partial charge in [-0.25, -0.2) is 0 Å². The fourth-order valence-electron chi connectivity index (χ4n) is 5.79. The van der Waals surface area contributed by atoms with E-state index in [1.807, 2.05) is 26.0 Å². The number of carbonyl (C=O) groups is 3. The van der Waals surface area contributed by atoms with Crippen molar-refractivity contribution in [2.75, 3.05) is 6.54 Å². The lowest BCUT2D eigenvalue weighted by Crippen LogP contribution is -2.51. The monoisotopic (exact) mass is 631 g/mol. The molecule has 43 heavy (non-hydrogen) atoms. The minimum absolute atomic E-state index is 0.00430. The summed E-state index contributed by atoms with van der Waals surface area (Å²) < 4.78 is 0. The highest BCUT2D eigenvalue weighted by Crippen LogP contribution is 2.48. The van der Waals surface area contributed by atoms with Gasteiger partial charge in [-0.2, -0.15) is 0 Å². The molecule has 1 aliphatic carbocycles. The molecule has 1 saturated carbocycles. The minimum atomic E-state index is -0.903. The van der Waals surface area contributed by atoms with Crippen molar-refractivity contribution in [2.45, 2.75) is 98.2 Å². The lowest BCUT2D eigenvalue weighted by Gasteiger charge is -2.46. The first-order valence-corrected chi connectivity index (χ1v) is 16.1. The van der Waals surface area contributed by atoms with E-state index in [2.05, 4.69) is 62.2 Å². The number of nitrogens with one attached hydrogen (secondary N) is 1. The van der Waals surface area contributed by atoms with Gasteiger partial charge in [0.1, 0.15) is 11.4 Å². The van der Waals surface area contributed by atoms with Gasteiger partial charge in [-0.3, -0.25) is 19.4 Å². The van der Waals surface area contributed by atoms with Gasteiger partial charge in [-0.15, -0.1) is 0 Å². The quantitative estimate of drug-likeness (QED) is 0.204. The summed E-state index contributed by atoms with van der Waals surface area (Å²) in [6.07, 6.45) is 6.32. The van der Waals surface area contributed by atoms with Crippen LogP contribution in [0.1, 0.15) is 102 Å². The predicted molar refractivity (Wildman–Crippen MR) is 176 cm³/mol. The molecule has 0 saturated heterocycles. The van der Waals surface area contributed by atoms with Crippen LogP contribution >= 0.6 is 23.2 Å². The molecule has 2 aromatic rings. The van der Waals surface area contributed by atoms with E-state index in [1.165, 1.54) is 11.1 Å². The predicted octanol–water partition coefficient (Wildman–Crippen LogP) is 8.25. The molecule has 1 unspecified atom stereocenters. The van der Waals surface area contributed by atoms with Crippen molar-refractivity contribution in [3.63, 3.8) is 0 Å². The molecule has 1 atom stereocenters. The second-order valence-corrected chi connectivity index (χ2v) is 12.2. The highest BCUT2D eigenvalue weighted by Gasteiger charge is 2.51. The van der Waals surface area contributed by atoms with Crippen LogP contribution in [0.5, 0.6) is 0 Å². The summed E-state index contributed by atoms with van der Waals surface area (Å²) in [5.74, 6) is 0.415. The Morgan fingerprint density at radius 2 is 1.70 bits per heavy atom. The largest absolute Gasteiger partial charge is 0.481 e. The molecular formula is C34H47Cl2N3O4. The molecule has 0 bridgehead atoms. The summed E-state index contributed by atoms with van der Waals surface area (Å²) in [6.45, 7) is 13.1. The lowest BCUT2D eigenvalue weighted by molar-refractivity contribution is -0.137. The van der Waals surface area contributed by atoms with Gasteiger partial charge in [0, 0.05) is 22.2 Å². The third kappa shape index (κ3) is 9.80. The molecule has 236 valence electrons. The number of benzene rings is 2. The molecule has 1 spiro atoms. The zero-order chi connectivity index (χ0) is 32.2. The number of halogens is 2. The highest BCUT2D eigenvalue weighted by molar-refractivity contribution is 6.47. The fourth-order valence-corrected chi connectivity index (χ4v) is 6.32. The third-order valence-electron chi connectivity index (χ3n) is 8.00. The van der Waals surface area contributed by atoms with Crippen molar-refractivity contribution >= 4 is 47.2 Å². The van der Waals surface area contributed by atoms with E-state index in [-0.39, 0.29) is 24.9 Å². The molecule has 4 rings (SSSR count). The van der Waals surface area contributed by atoms with Crippen molar-refractivity contribution in [1.29, 1.82) is 0 Å². The molecule has 1 heterocycles. The standard InChI is InChI=1S/C28H34Cl2N2O.C4H7NO3.C2H6/c1-5-6-25(21-9-7-19(4)8-10-21)32-27(33)26(22-15-23(29)17-24(30)16-22)31-28(32)13-11-20(12-14-28)18(2)3;6-3-5-2-1-4(7)8;1-2/h7-10,15-18,20,25H,5-6,11-14H2,1-4H3;3H,1-2H2,(H,5,6)(H,7,8);1-2H3. The number of carbonyl (C=O) groups excluding carboxylic acids is 2. The number of rotatable bonds is 10. The number of hydrogen-bond donors (Lipinski definition) is 2. The maximum Gasteiger partial charge on any atom is 0.305 e. The van der Waals surface area contributed by atoms with Crippen LogP contribution in [0.2, 0.25) is 10.0 Å². The Morgan fingerprint density at radius 1 is 1.12 bits per heavy atom. The van der Waals surface area contributed by atoms with Crippen molar-refractivity contribution < 1.29 is 19.5 Å². The van der Waals surface area contributed by atoms with Crippen molar-refractivity contribution in [3.05, 3.63) is 69.2 Å². The van der Waals surface area contributed by atoms with Gasteiger partial charge >= 0.3 is 5.97 Å². The molecule has 0 radical (unpaired) electrons. The Bertz CT molecular complexity index is 1220. The molecule has 2 aliphatic rings. The van der Waals surface area contributed by atoms with Gasteiger partial charge in [0.05, 0.1) is 12.5 Å². The van der Waals surface area contributed by atoms with Gasteiger partial charge in [-0.05, 0) is 74.6 Å². The Kier molecular flexibility index (Phi) is 14.7. The van der Waals surface area contributed by atoms with Crippen LogP contribution in [0.25, 0.3) is 0 Å². The number of amides is 2. The second-order valence-electron chi connectivity index (χ2n) is 11.3. The third-order valence-corrected chi connectivity index (χ3v) is 8.44. The lowest BCUT2D eigenvalue weighted by atomic mass is 9.76. The Morgan fingerprint density at radius 3 is 2.19 bits per heavy atom. The zero-order valence-electron chi connectivity index (χ0n) is 26.3. The van der Waals surface area contributed by atoms with Crippen LogP contribution in [0, 0.1) is 18.8 Å². The molecule has 2 N–H and O–H groups in total. The van der Waals surface area contributed by atoms with E-state index >= 15 is 0 Å². The van der Waals surface area contributed by atoms with Gasteiger partial charge < -0.3 is 15.3 Å². The summed E-state index contributed by atoms with van der Waals surface area (Å²) in [7, 11) is 0. The summed E-state index contributed by atoms with van der Waals surface area (Å²) >= 11 is 12.6. The zero-order valence-corrected chi connectivity index (χ0v) is 27.8. The maximum atomic E-state index is 14.1. The number of carboxylic acid groups (broad SMARTS) is 1. The van der Waals surface area contributed by atoms with Gasteiger partial charge in [0.15, 0.2) is 0 Å². The minimum Gasteiger partial charge on any atom is -0.481 e. The van der Waals surface area contributed by atoms with E-state index in [0.29, 0.717) is 39.6 Å². The summed E-state index contributed by atoms with van der Waals surface area (Å²) in [4.78, 5) is 40.6. The summed E-state index contributed by atoms with van der Waals surface area (Å²) in [5.41, 5.74) is 3.11. The highest BCUT2D eigenvalue weighted by atomic mass is 35.5. The molecular weight excluding hydrogens is 585 g/mol. The van der Waals surface area contributed by atoms with E-state index in [1.54, 1.807) is 6.07 Å². The SMILES string of the molecule is CC.CCCC(c1ccc(C)cc1)N1C(=O)C(c2cc(Cl)cc(Cl)c2)=NC12CCC(C(C)C)CC2.O=CNCCC(=O)O. The molecule has 0 aromatic heterocycles. The fraction of sp³-hybridized carbons (Fsp3) is 0.529. The van der Waals surface area contributed by atoms with E-state index < -0.39 is 11.6 Å². The van der Waals surface area contributed by atoms with Gasteiger partial charge in [0.2, 0.25) is 6.41 Å². The van der Waals surface area contributed by atoms with Crippen LogP contribution in [0.4, 0.5) is 0 Å². The van der Waals surface area contributed by atoms with Crippen molar-refractivity contribution in [3.8, 4) is 0 Å². The first kappa shape index (κ1) is 36.3. The molecule has 1 fully saturated rings. The van der Waals surface area contributed by atoms with Gasteiger partial charge in [0.25, 0.3) is 5.91 Å². The Hall–Kier alpha value is -2.90. The van der Waals surface area contributed by atoms with Crippen LogP contribution in [0.3, 0.4) is 0 Å². The van der Waals surface area contributed by atoms with E-state index in [4.69, 9.17) is 33.3 Å². The van der Waals surface area contributed by atoms with E-state index in [9.17, 15) is 14.4 Å². The van der Waals surface area contributed by atoms with Crippen LogP contribution in [-0.2, 0) is 14.4 Å². The smallest absolute Gasteiger partial charge is 0.305 e. The molecule has 1 aliphatic heterocycles. The normalized spacial score (nSPS) is 20.0. The average molecular weight is 633 g/mol. The van der Waals surface area contributed by atoms with Crippen LogP contribution < -0.4 is 5.32 Å². The van der Waals surface area contributed by atoms with Crippen LogP contribution in [-0.4, -0.2) is 46.2 Å². The van der Waals surface area contributed by atoms with E-state index in [0.717, 1.165) is 38.5 Å². The van der Waals surface area contributed by atoms with Crippen molar-refractivity contribution in [1.82, 2.24) is 10.2 Å². The molecule has 7 nitrogen and oxygen atoms in total. The summed E-state index contributed by atoms with van der Waals surface area (Å²) in [6, 6.07) is 13.9. The number of aryl methyl sites for hydroxylation is 1. The first-order chi connectivity index (χ1) is 20.5. The number of aliphatic carboxylic acids is 1. The average Bonchev–Trinajstić information content (AvgIpc) is 3.24.